The molecule has 0 bridgehead atoms. The molecule has 0 aliphatic carbocycles. The predicted molar refractivity (Wildman–Crippen MR) is 238 cm³/mol. The minimum atomic E-state index is -1.68. The number of phenolic OH excluding ortho intramolecular Hbond substituents is 1. The van der Waals surface area contributed by atoms with Crippen molar-refractivity contribution in [2.45, 2.75) is 120 Å². The Hall–Kier alpha value is -6.41. The molecule has 1 saturated heterocycles. The van der Waals surface area contributed by atoms with Crippen LogP contribution in [0.3, 0.4) is 0 Å². The number of unbranched alkanes of at least 4 members (excludes halogenated alkanes) is 1. The zero-order valence-corrected chi connectivity index (χ0v) is 36.6. The van der Waals surface area contributed by atoms with E-state index >= 15 is 0 Å². The summed E-state index contributed by atoms with van der Waals surface area (Å²) in [6, 6.07) is 14.4. The number of aliphatic hydroxyl groups excluding tert-OH is 2. The number of amides is 6. The lowest BCUT2D eigenvalue weighted by Crippen LogP contribution is -2.62. The lowest BCUT2D eigenvalue weighted by atomic mass is 10.0. The van der Waals surface area contributed by atoms with E-state index in [1.54, 1.807) is 30.3 Å². The summed E-state index contributed by atoms with van der Waals surface area (Å²) in [5.74, 6) is -6.23. The number of aliphatic carboxylic acids is 1. The van der Waals surface area contributed by atoms with Gasteiger partial charge in [-0.2, -0.15) is 0 Å². The fourth-order valence-electron chi connectivity index (χ4n) is 7.46. The molecule has 3 aromatic carbocycles. The Morgan fingerprint density at radius 2 is 1.15 bits per heavy atom. The molecule has 0 saturated carbocycles. The summed E-state index contributed by atoms with van der Waals surface area (Å²) in [5, 5.41) is 53.1. The number of carbonyl (C=O) groups is 7. The SMILES string of the molecule is C[C@@H](O)[C@H](NC(=O)[C@@H]1CCCN1C(=O)[C@H](CCCCN)NC(=O)[C@@H](NC(=O)[C@H](Cc1ccc(O)cc1)NC(=O)[C@H](Cc1ccccc1)NC(=O)[C@@H](N)Cc1ccccc1)[C@@H](C)O)C(=O)O. The molecular weight excluding hydrogens is 841 g/mol. The maximum atomic E-state index is 14.3. The number of likely N-dealkylation sites (tertiary alicyclic amines) is 1. The first kappa shape index (κ1) is 51.2. The van der Waals surface area contributed by atoms with Gasteiger partial charge in [0.2, 0.25) is 35.4 Å². The second-order valence-electron chi connectivity index (χ2n) is 16.3. The molecule has 1 aliphatic rings. The minimum absolute atomic E-state index is 0.0164. The molecule has 1 fully saturated rings. The third-order valence-corrected chi connectivity index (χ3v) is 11.1. The summed E-state index contributed by atoms with van der Waals surface area (Å²) >= 11 is 0. The number of carboxylic acids is 1. The summed E-state index contributed by atoms with van der Waals surface area (Å²) in [4.78, 5) is 96.2. The number of hydrogen-bond acceptors (Lipinski definition) is 12. The Bertz CT molecular complexity index is 2060. The summed E-state index contributed by atoms with van der Waals surface area (Å²) < 4.78 is 0. The van der Waals surface area contributed by atoms with Gasteiger partial charge in [-0.1, -0.05) is 72.8 Å². The van der Waals surface area contributed by atoms with Gasteiger partial charge in [-0.25, -0.2) is 4.79 Å². The molecule has 19 nitrogen and oxygen atoms in total. The maximum Gasteiger partial charge on any atom is 0.328 e. The summed E-state index contributed by atoms with van der Waals surface area (Å²) in [7, 11) is 0. The quantitative estimate of drug-likeness (QED) is 0.0489. The van der Waals surface area contributed by atoms with Gasteiger partial charge < -0.3 is 63.4 Å². The molecule has 13 N–H and O–H groups in total. The summed E-state index contributed by atoms with van der Waals surface area (Å²) in [6.07, 6.45) is -1.47. The largest absolute Gasteiger partial charge is 0.508 e. The third-order valence-electron chi connectivity index (χ3n) is 11.1. The van der Waals surface area contributed by atoms with Gasteiger partial charge in [0.15, 0.2) is 6.04 Å². The second kappa shape index (κ2) is 25.2. The van der Waals surface area contributed by atoms with Crippen LogP contribution in [-0.4, -0.2) is 134 Å². The van der Waals surface area contributed by atoms with Crippen LogP contribution in [0.2, 0.25) is 0 Å². The Balaban J connectivity index is 1.57. The monoisotopic (exact) mass is 902 g/mol. The molecule has 352 valence electrons. The van der Waals surface area contributed by atoms with Crippen LogP contribution in [0.1, 0.15) is 62.6 Å². The van der Waals surface area contributed by atoms with E-state index in [1.807, 2.05) is 30.3 Å². The van der Waals surface area contributed by atoms with Crippen molar-refractivity contribution < 1.29 is 54.0 Å². The highest BCUT2D eigenvalue weighted by Gasteiger charge is 2.41. The number of nitrogens with one attached hydrogen (secondary N) is 5. The van der Waals surface area contributed by atoms with Gasteiger partial charge >= 0.3 is 5.97 Å². The topological polar surface area (TPSA) is 316 Å². The van der Waals surface area contributed by atoms with Crippen molar-refractivity contribution in [1.82, 2.24) is 31.5 Å². The third kappa shape index (κ3) is 15.7. The highest BCUT2D eigenvalue weighted by molar-refractivity contribution is 5.97. The van der Waals surface area contributed by atoms with Crippen molar-refractivity contribution in [3.8, 4) is 5.75 Å². The van der Waals surface area contributed by atoms with Crippen molar-refractivity contribution in [3.05, 3.63) is 102 Å². The molecule has 0 unspecified atom stereocenters. The van der Waals surface area contributed by atoms with E-state index in [2.05, 4.69) is 26.6 Å². The molecule has 6 amide bonds. The second-order valence-corrected chi connectivity index (χ2v) is 16.3. The maximum absolute atomic E-state index is 14.3. The minimum Gasteiger partial charge on any atom is -0.508 e. The Morgan fingerprint density at radius 1 is 0.646 bits per heavy atom. The first-order chi connectivity index (χ1) is 31.0. The van der Waals surface area contributed by atoms with Gasteiger partial charge in [-0.05, 0) is 87.7 Å². The van der Waals surface area contributed by atoms with E-state index in [9.17, 15) is 54.0 Å². The zero-order valence-electron chi connectivity index (χ0n) is 36.6. The normalized spacial score (nSPS) is 17.2. The smallest absolute Gasteiger partial charge is 0.328 e. The molecular formula is C46H62N8O11. The lowest BCUT2D eigenvalue weighted by molar-refractivity contribution is -0.147. The number of aliphatic hydroxyl groups is 2. The molecule has 1 heterocycles. The number of rotatable bonds is 24. The van der Waals surface area contributed by atoms with Crippen molar-refractivity contribution in [2.24, 2.45) is 11.5 Å². The van der Waals surface area contributed by atoms with E-state index in [0.29, 0.717) is 30.4 Å². The Kier molecular flexibility index (Phi) is 19.8. The molecule has 3 aromatic rings. The number of carboxylic acid groups (broad SMARTS) is 1. The fourth-order valence-corrected chi connectivity index (χ4v) is 7.46. The van der Waals surface area contributed by atoms with Crippen LogP contribution in [0.4, 0.5) is 0 Å². The molecule has 0 radical (unpaired) electrons. The van der Waals surface area contributed by atoms with Crippen LogP contribution < -0.4 is 38.1 Å². The van der Waals surface area contributed by atoms with Crippen molar-refractivity contribution in [1.29, 1.82) is 0 Å². The first-order valence-corrected chi connectivity index (χ1v) is 21.7. The van der Waals surface area contributed by atoms with Gasteiger partial charge in [0.05, 0.1) is 18.2 Å². The highest BCUT2D eigenvalue weighted by Crippen LogP contribution is 2.21. The number of carbonyl (C=O) groups excluding carboxylic acids is 6. The van der Waals surface area contributed by atoms with Crippen LogP contribution in [0.25, 0.3) is 0 Å². The predicted octanol–water partition coefficient (Wildman–Crippen LogP) is -0.862. The molecule has 9 atom stereocenters. The van der Waals surface area contributed by atoms with Gasteiger partial charge in [0.25, 0.3) is 0 Å². The van der Waals surface area contributed by atoms with Gasteiger partial charge in [0.1, 0.15) is 36.0 Å². The molecule has 0 aromatic heterocycles. The van der Waals surface area contributed by atoms with Gasteiger partial charge in [-0.3, -0.25) is 28.8 Å². The number of benzene rings is 3. The van der Waals surface area contributed by atoms with Crippen LogP contribution >= 0.6 is 0 Å². The number of nitrogens with two attached hydrogens (primary N) is 2. The Morgan fingerprint density at radius 3 is 1.69 bits per heavy atom. The molecule has 19 heteroatoms. The molecule has 4 rings (SSSR count). The summed E-state index contributed by atoms with van der Waals surface area (Å²) in [6.45, 7) is 2.83. The van der Waals surface area contributed by atoms with Crippen molar-refractivity contribution in [3.63, 3.8) is 0 Å². The lowest BCUT2D eigenvalue weighted by Gasteiger charge is -2.31. The van der Waals surface area contributed by atoms with E-state index < -0.39 is 95.9 Å². The Labute approximate surface area is 377 Å². The zero-order chi connectivity index (χ0) is 47.6. The number of nitrogens with zero attached hydrogens (tertiary/aromatic N) is 1. The average molecular weight is 903 g/mol. The number of phenols is 1. The van der Waals surface area contributed by atoms with E-state index in [-0.39, 0.29) is 50.9 Å². The first-order valence-electron chi connectivity index (χ1n) is 21.7. The number of hydrogen-bond donors (Lipinski definition) is 11. The van der Waals surface area contributed by atoms with Crippen molar-refractivity contribution in [2.75, 3.05) is 13.1 Å². The van der Waals surface area contributed by atoms with Crippen molar-refractivity contribution >= 4 is 41.4 Å². The van der Waals surface area contributed by atoms with Crippen LogP contribution in [0.5, 0.6) is 5.75 Å². The standard InChI is InChI=1S/C46H62N8O11/c1-27(55)38(44(62)49-34(16-9-10-22-47)45(63)54-23-11-17-37(54)43(61)53-39(28(2)56)46(64)65)52-42(60)36(26-31-18-20-32(57)21-19-31)51-41(59)35(25-30-14-7-4-8-15-30)50-40(58)33(48)24-29-12-5-3-6-13-29/h3-8,12-15,18-21,27-28,33-39,55-57H,9-11,16-17,22-26,47-48H2,1-2H3,(H,49,62)(H,50,58)(H,51,59)(H,52,60)(H,53,61)(H,64,65)/t27-,28-,33+,34+,35+,36+,37+,38+,39+/m1/s1. The average Bonchev–Trinajstić information content (AvgIpc) is 3.77. The van der Waals surface area contributed by atoms with Crippen LogP contribution in [-0.2, 0) is 52.8 Å². The van der Waals surface area contributed by atoms with Crippen LogP contribution in [0.15, 0.2) is 84.9 Å². The number of aromatic hydroxyl groups is 1. The van der Waals surface area contributed by atoms with Gasteiger partial charge in [0, 0.05) is 19.4 Å². The highest BCUT2D eigenvalue weighted by atomic mass is 16.4. The van der Waals surface area contributed by atoms with E-state index in [4.69, 9.17) is 11.5 Å². The molecule has 1 aliphatic heterocycles. The van der Waals surface area contributed by atoms with E-state index in [0.717, 1.165) is 5.56 Å². The molecule has 0 spiro atoms. The van der Waals surface area contributed by atoms with Crippen LogP contribution in [0, 0.1) is 0 Å². The summed E-state index contributed by atoms with van der Waals surface area (Å²) in [5.41, 5.74) is 14.0. The van der Waals surface area contributed by atoms with E-state index in [1.165, 1.54) is 43.0 Å². The molecule has 65 heavy (non-hydrogen) atoms. The fraction of sp³-hybridized carbons (Fsp3) is 0.457. The van der Waals surface area contributed by atoms with Gasteiger partial charge in [-0.15, -0.1) is 0 Å².